The number of nitrogens with zero attached hydrogens (tertiary/aromatic N) is 3. The van der Waals surface area contributed by atoms with E-state index in [2.05, 4.69) is 58.8 Å². The van der Waals surface area contributed by atoms with Gasteiger partial charge in [0.2, 0.25) is 0 Å². The zero-order chi connectivity index (χ0) is 22.1. The molecule has 0 aliphatic carbocycles. The number of carboxylic acids is 2. The molecule has 2 heterocycles. The van der Waals surface area contributed by atoms with Crippen LogP contribution in [0.2, 0.25) is 0 Å². The Kier molecular flexibility index (Phi) is 8.94. The predicted molar refractivity (Wildman–Crippen MR) is 115 cm³/mol. The number of carbonyl (C=O) groups is 2. The number of aliphatic carboxylic acids is 2. The van der Waals surface area contributed by atoms with Crippen LogP contribution >= 0.6 is 11.7 Å². The van der Waals surface area contributed by atoms with Gasteiger partial charge in [-0.15, -0.1) is 4.37 Å². The second-order valence-electron chi connectivity index (χ2n) is 7.15. The largest absolute Gasteiger partial charge is 0.475 e. The van der Waals surface area contributed by atoms with E-state index in [0.29, 0.717) is 12.5 Å². The molecule has 1 aliphatic heterocycles. The van der Waals surface area contributed by atoms with E-state index in [1.165, 1.54) is 34.0 Å². The number of hydrogen-bond donors (Lipinski definition) is 2. The molecule has 30 heavy (non-hydrogen) atoms. The normalized spacial score (nSPS) is 13.8. The van der Waals surface area contributed by atoms with E-state index in [4.69, 9.17) is 24.5 Å². The Morgan fingerprint density at radius 1 is 1.17 bits per heavy atom. The van der Waals surface area contributed by atoms with E-state index in [9.17, 15) is 0 Å². The lowest BCUT2D eigenvalue weighted by Crippen LogP contribution is -2.25. The summed E-state index contributed by atoms with van der Waals surface area (Å²) in [7, 11) is 2.14. The minimum atomic E-state index is -1.82. The van der Waals surface area contributed by atoms with Crippen LogP contribution in [0.4, 0.5) is 0 Å². The molecule has 0 bridgehead atoms. The van der Waals surface area contributed by atoms with Gasteiger partial charge in [-0.25, -0.2) is 9.59 Å². The Hall–Kier alpha value is -2.78. The molecule has 2 aromatic rings. The van der Waals surface area contributed by atoms with Crippen molar-refractivity contribution in [1.82, 2.24) is 13.6 Å². The van der Waals surface area contributed by atoms with E-state index >= 15 is 0 Å². The van der Waals surface area contributed by atoms with E-state index in [-0.39, 0.29) is 0 Å². The van der Waals surface area contributed by atoms with E-state index in [0.717, 1.165) is 38.0 Å². The van der Waals surface area contributed by atoms with Gasteiger partial charge in [0.25, 0.3) is 5.88 Å². The van der Waals surface area contributed by atoms with Gasteiger partial charge in [-0.05, 0) is 62.4 Å². The summed E-state index contributed by atoms with van der Waals surface area (Å²) in [4.78, 5) is 20.5. The van der Waals surface area contributed by atoms with E-state index in [1.807, 2.05) is 0 Å². The van der Waals surface area contributed by atoms with Crippen molar-refractivity contribution in [3.63, 3.8) is 0 Å². The van der Waals surface area contributed by atoms with Crippen molar-refractivity contribution in [3.05, 3.63) is 46.7 Å². The Labute approximate surface area is 180 Å². The molecule has 0 saturated carbocycles. The van der Waals surface area contributed by atoms with Crippen LogP contribution in [-0.2, 0) is 16.0 Å². The molecule has 1 aliphatic rings. The number of benzene rings is 1. The molecule has 0 saturated heterocycles. The summed E-state index contributed by atoms with van der Waals surface area (Å²) in [5, 5.41) is 14.8. The molecule has 0 unspecified atom stereocenters. The molecule has 3 rings (SSSR count). The fourth-order valence-corrected chi connectivity index (χ4v) is 3.47. The van der Waals surface area contributed by atoms with Gasteiger partial charge in [0, 0.05) is 13.1 Å². The number of aromatic nitrogens is 2. The van der Waals surface area contributed by atoms with Crippen molar-refractivity contribution in [2.75, 3.05) is 26.7 Å². The van der Waals surface area contributed by atoms with Gasteiger partial charge >= 0.3 is 11.9 Å². The average Bonchev–Trinajstić information content (AvgIpc) is 3.17. The van der Waals surface area contributed by atoms with Crippen LogP contribution in [0.3, 0.4) is 0 Å². The second kappa shape index (κ2) is 11.4. The summed E-state index contributed by atoms with van der Waals surface area (Å²) >= 11 is 1.23. The maximum absolute atomic E-state index is 9.10. The molecule has 0 atom stereocenters. The maximum atomic E-state index is 9.10. The first-order chi connectivity index (χ1) is 14.3. The molecule has 0 amide bonds. The van der Waals surface area contributed by atoms with Gasteiger partial charge in [-0.1, -0.05) is 24.3 Å². The molecule has 1 aromatic carbocycles. The molecule has 0 spiro atoms. The van der Waals surface area contributed by atoms with Crippen LogP contribution in [0.1, 0.15) is 35.2 Å². The molecule has 8 nitrogen and oxygen atoms in total. The van der Waals surface area contributed by atoms with Crippen molar-refractivity contribution in [2.24, 2.45) is 0 Å². The minimum absolute atomic E-state index is 0.675. The maximum Gasteiger partial charge on any atom is 0.414 e. The molecular formula is C21H27N3O5S. The highest BCUT2D eigenvalue weighted by atomic mass is 32.1. The van der Waals surface area contributed by atoms with Crippen LogP contribution in [0.25, 0.3) is 5.57 Å². The summed E-state index contributed by atoms with van der Waals surface area (Å²) in [6, 6.07) is 6.68. The number of rotatable bonds is 6. The Morgan fingerprint density at radius 2 is 1.90 bits per heavy atom. The topological polar surface area (TPSA) is 113 Å². The Morgan fingerprint density at radius 3 is 2.53 bits per heavy atom. The number of likely N-dealkylation sites (N-methyl/N-ethyl adjacent to an activating group) is 1. The summed E-state index contributed by atoms with van der Waals surface area (Å²) in [6.07, 6.45) is 5.34. The Bertz CT molecular complexity index is 898. The number of ether oxygens (including phenoxy) is 1. The molecule has 0 fully saturated rings. The lowest BCUT2D eigenvalue weighted by Gasteiger charge is -2.22. The van der Waals surface area contributed by atoms with Gasteiger partial charge in [0.15, 0.2) is 0 Å². The highest BCUT2D eigenvalue weighted by Gasteiger charge is 2.18. The quantitative estimate of drug-likeness (QED) is 0.528. The smallest absolute Gasteiger partial charge is 0.414 e. The number of hydrogen-bond acceptors (Lipinski definition) is 7. The highest BCUT2D eigenvalue weighted by molar-refractivity contribution is 6.99. The number of aryl methyl sites for hydroxylation is 3. The average molecular weight is 434 g/mol. The van der Waals surface area contributed by atoms with E-state index in [1.54, 1.807) is 0 Å². The third-order valence-electron chi connectivity index (χ3n) is 4.71. The zero-order valence-electron chi connectivity index (χ0n) is 17.4. The van der Waals surface area contributed by atoms with Crippen LogP contribution in [0.5, 0.6) is 5.88 Å². The molecule has 0 radical (unpaired) electrons. The summed E-state index contributed by atoms with van der Waals surface area (Å²) in [5.74, 6) is -2.95. The van der Waals surface area contributed by atoms with Crippen LogP contribution in [0, 0.1) is 13.8 Å². The lowest BCUT2D eigenvalue weighted by atomic mass is 10.0. The van der Waals surface area contributed by atoms with Crippen LogP contribution in [0.15, 0.2) is 24.3 Å². The van der Waals surface area contributed by atoms with Crippen molar-refractivity contribution in [1.29, 1.82) is 0 Å². The first kappa shape index (κ1) is 23.5. The lowest BCUT2D eigenvalue weighted by molar-refractivity contribution is -0.159. The molecule has 9 heteroatoms. The monoisotopic (exact) mass is 433 g/mol. The number of carboxylic acid groups (broad SMARTS) is 2. The fraction of sp³-hybridized carbons (Fsp3) is 0.429. The second-order valence-corrected chi connectivity index (χ2v) is 7.68. The first-order valence-corrected chi connectivity index (χ1v) is 10.4. The van der Waals surface area contributed by atoms with Gasteiger partial charge < -0.3 is 19.8 Å². The van der Waals surface area contributed by atoms with Gasteiger partial charge in [0.05, 0.1) is 18.3 Å². The first-order valence-electron chi connectivity index (χ1n) is 9.63. The molecule has 1 aromatic heterocycles. The molecule has 162 valence electrons. The molecule has 2 N–H and O–H groups in total. The third kappa shape index (κ3) is 7.23. The SMILES string of the molecule is Cc1ccc(CCCOc2nsnc2C2=CCCN(C)C2)cc1C.O=C(O)C(=O)O. The zero-order valence-corrected chi connectivity index (χ0v) is 18.2. The van der Waals surface area contributed by atoms with Crippen LogP contribution in [-0.4, -0.2) is 62.5 Å². The van der Waals surface area contributed by atoms with Crippen molar-refractivity contribution in [3.8, 4) is 5.88 Å². The fourth-order valence-electron chi connectivity index (χ4n) is 2.94. The van der Waals surface area contributed by atoms with Gasteiger partial charge in [-0.3, -0.25) is 0 Å². The highest BCUT2D eigenvalue weighted by Crippen LogP contribution is 2.27. The van der Waals surface area contributed by atoms with E-state index < -0.39 is 11.9 Å². The molecular weight excluding hydrogens is 406 g/mol. The third-order valence-corrected chi connectivity index (χ3v) is 5.22. The standard InChI is InChI=1S/C19H25N3OS.C2H2O4/c1-14-8-9-16(12-15(14)2)6-5-11-23-19-18(20-24-21-19)17-7-4-10-22(3)13-17;3-1(4)2(5)6/h7-9,12H,4-6,10-11,13H2,1-3H3;(H,3,4)(H,5,6). The van der Waals surface area contributed by atoms with Gasteiger partial charge in [0.1, 0.15) is 5.69 Å². The predicted octanol–water partition coefficient (Wildman–Crippen LogP) is 3.04. The summed E-state index contributed by atoms with van der Waals surface area (Å²) in [6.45, 7) is 7.01. The van der Waals surface area contributed by atoms with Crippen LogP contribution < -0.4 is 4.74 Å². The summed E-state index contributed by atoms with van der Waals surface area (Å²) in [5.41, 5.74) is 6.24. The van der Waals surface area contributed by atoms with Crippen molar-refractivity contribution < 1.29 is 24.5 Å². The Balaban J connectivity index is 0.000000469. The van der Waals surface area contributed by atoms with Gasteiger partial charge in [-0.2, -0.15) is 4.37 Å². The summed E-state index contributed by atoms with van der Waals surface area (Å²) < 4.78 is 14.7. The van der Waals surface area contributed by atoms with Crippen molar-refractivity contribution >= 4 is 29.2 Å². The minimum Gasteiger partial charge on any atom is -0.475 e. The van der Waals surface area contributed by atoms with Crippen molar-refractivity contribution in [2.45, 2.75) is 33.1 Å².